The Balaban J connectivity index is 0.00000192. The summed E-state index contributed by atoms with van der Waals surface area (Å²) in [5, 5.41) is 8.17. The second kappa shape index (κ2) is 7.61. The topological polar surface area (TPSA) is 90.2 Å². The monoisotopic (exact) mass is 339 g/mol. The van der Waals surface area contributed by atoms with E-state index in [-0.39, 0.29) is 18.0 Å². The van der Waals surface area contributed by atoms with Gasteiger partial charge in [-0.2, -0.15) is 5.10 Å². The maximum absolute atomic E-state index is 12.2. The Hall–Kier alpha value is -1.86. The summed E-state index contributed by atoms with van der Waals surface area (Å²) in [6, 6.07) is 3.48. The molecular weight excluding hydrogens is 318 g/mol. The van der Waals surface area contributed by atoms with Gasteiger partial charge in [0, 0.05) is 25.2 Å². The molecule has 1 unspecified atom stereocenters. The van der Waals surface area contributed by atoms with Gasteiger partial charge in [-0.1, -0.05) is 12.1 Å². The van der Waals surface area contributed by atoms with Gasteiger partial charge < -0.3 is 15.2 Å². The molecule has 3 heterocycles. The van der Waals surface area contributed by atoms with Crippen molar-refractivity contribution in [3.05, 3.63) is 40.1 Å². The van der Waals surface area contributed by atoms with Crippen molar-refractivity contribution in [1.82, 2.24) is 14.9 Å². The summed E-state index contributed by atoms with van der Waals surface area (Å²) in [6.07, 6.45) is 3.61. The second-order valence-electron chi connectivity index (χ2n) is 5.68. The molecule has 1 atom stereocenters. The molecule has 2 N–H and O–H groups in total. The van der Waals surface area contributed by atoms with Crippen LogP contribution in [-0.4, -0.2) is 34.6 Å². The molecule has 0 bridgehead atoms. The maximum atomic E-state index is 12.2. The number of nitrogens with two attached hydrogens (primary N) is 1. The van der Waals surface area contributed by atoms with E-state index in [1.807, 2.05) is 13.0 Å². The Bertz CT molecular complexity index is 699. The highest BCUT2D eigenvalue weighted by Gasteiger charge is 2.22. The molecule has 1 aliphatic heterocycles. The van der Waals surface area contributed by atoms with E-state index in [2.05, 4.69) is 15.2 Å². The molecule has 7 nitrogen and oxygen atoms in total. The maximum Gasteiger partial charge on any atom is 0.269 e. The van der Waals surface area contributed by atoms with Crippen LogP contribution < -0.4 is 16.2 Å². The fraction of sp³-hybridized carbons (Fsp3) is 0.533. The van der Waals surface area contributed by atoms with Crippen molar-refractivity contribution in [2.24, 2.45) is 11.7 Å². The first-order valence-electron chi connectivity index (χ1n) is 7.66. The first-order valence-corrected chi connectivity index (χ1v) is 7.66. The number of anilines is 1. The first-order chi connectivity index (χ1) is 10.7. The predicted molar refractivity (Wildman–Crippen MR) is 90.1 cm³/mol. The number of nitrogens with zero attached hydrogens (tertiary/aromatic N) is 4. The predicted octanol–water partition coefficient (Wildman–Crippen LogP) is 1.05. The zero-order chi connectivity index (χ0) is 15.5. The third-order valence-electron chi connectivity index (χ3n) is 4.12. The number of aryl methyl sites for hydroxylation is 1. The van der Waals surface area contributed by atoms with Gasteiger partial charge in [0.1, 0.15) is 6.54 Å². The molecule has 2 aromatic rings. The van der Waals surface area contributed by atoms with Crippen LogP contribution in [0.5, 0.6) is 0 Å². The summed E-state index contributed by atoms with van der Waals surface area (Å²) < 4.78 is 6.59. The highest BCUT2D eigenvalue weighted by molar-refractivity contribution is 5.85. The number of halogens is 1. The fourth-order valence-electron chi connectivity index (χ4n) is 2.72. The van der Waals surface area contributed by atoms with E-state index in [1.165, 1.54) is 4.68 Å². The summed E-state index contributed by atoms with van der Waals surface area (Å²) in [6.45, 7) is 4.81. The number of hydrogen-bond acceptors (Lipinski definition) is 6. The van der Waals surface area contributed by atoms with Crippen LogP contribution in [0.4, 0.5) is 5.69 Å². The largest absolute Gasteiger partial charge is 0.370 e. The Morgan fingerprint density at radius 1 is 1.43 bits per heavy atom. The van der Waals surface area contributed by atoms with Gasteiger partial charge >= 0.3 is 0 Å². The number of aromatic nitrogens is 3. The van der Waals surface area contributed by atoms with Gasteiger partial charge in [-0.15, -0.1) is 12.4 Å². The zero-order valence-electron chi connectivity index (χ0n) is 13.1. The molecule has 0 radical (unpaired) electrons. The average Bonchev–Trinajstić information content (AvgIpc) is 3.18. The molecule has 3 rings (SSSR count). The van der Waals surface area contributed by atoms with E-state index >= 15 is 0 Å². The number of rotatable bonds is 5. The van der Waals surface area contributed by atoms with Crippen molar-refractivity contribution in [1.29, 1.82) is 0 Å². The fourth-order valence-corrected chi connectivity index (χ4v) is 2.72. The Morgan fingerprint density at radius 3 is 2.87 bits per heavy atom. The van der Waals surface area contributed by atoms with E-state index in [1.54, 1.807) is 12.3 Å². The highest BCUT2D eigenvalue weighted by Crippen LogP contribution is 2.21. The molecular formula is C15H22ClN5O2. The molecule has 2 aromatic heterocycles. The molecule has 0 aliphatic carbocycles. The quantitative estimate of drug-likeness (QED) is 0.875. The third-order valence-corrected chi connectivity index (χ3v) is 4.12. The van der Waals surface area contributed by atoms with Crippen molar-refractivity contribution < 1.29 is 4.52 Å². The molecule has 0 spiro atoms. The van der Waals surface area contributed by atoms with Crippen LogP contribution in [0.1, 0.15) is 24.8 Å². The van der Waals surface area contributed by atoms with Crippen LogP contribution in [-0.2, 0) is 13.0 Å². The van der Waals surface area contributed by atoms with Crippen LogP contribution in [0.2, 0.25) is 0 Å². The molecule has 0 aromatic carbocycles. The van der Waals surface area contributed by atoms with Crippen LogP contribution in [0, 0.1) is 5.92 Å². The first kappa shape index (κ1) is 17.5. The lowest BCUT2D eigenvalue weighted by atomic mass is 10.1. The molecule has 23 heavy (non-hydrogen) atoms. The highest BCUT2D eigenvalue weighted by atomic mass is 35.5. The van der Waals surface area contributed by atoms with Crippen molar-refractivity contribution in [2.75, 3.05) is 24.5 Å². The standard InChI is InChI=1S/C15H21N5O2.ClH/c1-2-12-5-14(22-18-12)10-20-15(21)6-13(8-17-20)19-4-3-11(7-16)9-19;/h5-6,8,11H,2-4,7,9-10,16H2,1H3;1H. The van der Waals surface area contributed by atoms with Gasteiger partial charge in [0.25, 0.3) is 5.56 Å². The minimum Gasteiger partial charge on any atom is -0.370 e. The normalized spacial score (nSPS) is 17.3. The van der Waals surface area contributed by atoms with Gasteiger partial charge in [0.15, 0.2) is 5.76 Å². The summed E-state index contributed by atoms with van der Waals surface area (Å²) >= 11 is 0. The van der Waals surface area contributed by atoms with Crippen LogP contribution in [0.25, 0.3) is 0 Å². The zero-order valence-corrected chi connectivity index (χ0v) is 14.0. The van der Waals surface area contributed by atoms with E-state index in [9.17, 15) is 4.79 Å². The van der Waals surface area contributed by atoms with Gasteiger partial charge in [-0.05, 0) is 25.3 Å². The molecule has 1 aliphatic rings. The van der Waals surface area contributed by atoms with E-state index in [0.29, 0.717) is 24.8 Å². The molecule has 1 fully saturated rings. The van der Waals surface area contributed by atoms with Crippen molar-refractivity contribution >= 4 is 18.1 Å². The van der Waals surface area contributed by atoms with Crippen LogP contribution in [0.3, 0.4) is 0 Å². The third kappa shape index (κ3) is 3.92. The summed E-state index contributed by atoms with van der Waals surface area (Å²) in [7, 11) is 0. The van der Waals surface area contributed by atoms with Crippen LogP contribution in [0.15, 0.2) is 27.6 Å². The minimum absolute atomic E-state index is 0. The van der Waals surface area contributed by atoms with E-state index < -0.39 is 0 Å². The molecule has 0 amide bonds. The van der Waals surface area contributed by atoms with Crippen molar-refractivity contribution in [2.45, 2.75) is 26.3 Å². The lowest BCUT2D eigenvalue weighted by Gasteiger charge is -2.18. The average molecular weight is 340 g/mol. The second-order valence-corrected chi connectivity index (χ2v) is 5.68. The Morgan fingerprint density at radius 2 is 2.26 bits per heavy atom. The molecule has 1 saturated heterocycles. The van der Waals surface area contributed by atoms with Gasteiger partial charge in [-0.3, -0.25) is 4.79 Å². The minimum atomic E-state index is -0.136. The summed E-state index contributed by atoms with van der Waals surface area (Å²) in [5.74, 6) is 1.15. The van der Waals surface area contributed by atoms with Gasteiger partial charge in [0.05, 0.1) is 17.6 Å². The SMILES string of the molecule is CCc1cc(Cn2ncc(N3CCC(CN)C3)cc2=O)on1.Cl. The molecule has 126 valence electrons. The van der Waals surface area contributed by atoms with Gasteiger partial charge in [0.2, 0.25) is 0 Å². The lowest BCUT2D eigenvalue weighted by molar-refractivity contribution is 0.364. The van der Waals surface area contributed by atoms with Crippen LogP contribution >= 0.6 is 12.4 Å². The molecule has 0 saturated carbocycles. The van der Waals surface area contributed by atoms with E-state index in [4.69, 9.17) is 10.3 Å². The summed E-state index contributed by atoms with van der Waals surface area (Å²) in [4.78, 5) is 14.4. The molecule has 8 heteroatoms. The smallest absolute Gasteiger partial charge is 0.269 e. The Labute approximate surface area is 140 Å². The Kier molecular flexibility index (Phi) is 5.79. The van der Waals surface area contributed by atoms with E-state index in [0.717, 1.165) is 37.3 Å². The van der Waals surface area contributed by atoms with Crippen molar-refractivity contribution in [3.63, 3.8) is 0 Å². The summed E-state index contributed by atoms with van der Waals surface area (Å²) in [5.41, 5.74) is 7.31. The lowest BCUT2D eigenvalue weighted by Crippen LogP contribution is -2.27. The van der Waals surface area contributed by atoms with Gasteiger partial charge in [-0.25, -0.2) is 4.68 Å². The van der Waals surface area contributed by atoms with Crippen molar-refractivity contribution in [3.8, 4) is 0 Å². The number of hydrogen-bond donors (Lipinski definition) is 1.